The van der Waals surface area contributed by atoms with Crippen LogP contribution in [-0.4, -0.2) is 102 Å². The van der Waals surface area contributed by atoms with Crippen LogP contribution in [0.25, 0.3) is 0 Å². The predicted octanol–water partition coefficient (Wildman–Crippen LogP) is -3.85. The Morgan fingerprint density at radius 3 is 2.29 bits per heavy atom. The van der Waals surface area contributed by atoms with E-state index in [1.165, 1.54) is 0 Å². The van der Waals surface area contributed by atoms with Crippen molar-refractivity contribution < 1.29 is 34.3 Å². The maximum atomic E-state index is 11.0. The topological polar surface area (TPSA) is 214 Å². The van der Waals surface area contributed by atoms with E-state index in [1.807, 2.05) is 0 Å². The molecule has 0 aromatic rings. The third-order valence-corrected chi connectivity index (χ3v) is 6.22. The minimum absolute atomic E-state index is 0.0727. The van der Waals surface area contributed by atoms with Gasteiger partial charge in [-0.3, -0.25) is 0 Å². The van der Waals surface area contributed by atoms with E-state index in [0.717, 1.165) is 0 Å². The molecule has 2 aliphatic heterocycles. The molecule has 11 atom stereocenters. The highest BCUT2D eigenvalue weighted by atomic mass is 16.7. The molecule has 2 fully saturated rings. The van der Waals surface area contributed by atoms with Gasteiger partial charge in [0.1, 0.15) is 35.8 Å². The van der Waals surface area contributed by atoms with Crippen LogP contribution in [0, 0.1) is 0 Å². The Balaban J connectivity index is 1.69. The SMILES string of the molecule is CNC1C(O)C(OC2C(N)CC(N)C(OC3OC(CN)=CCC3N)C2O)OC[C@]1(C)O. The van der Waals surface area contributed by atoms with Gasteiger partial charge in [-0.15, -0.1) is 0 Å². The zero-order chi connectivity index (χ0) is 22.9. The summed E-state index contributed by atoms with van der Waals surface area (Å²) >= 11 is 0. The van der Waals surface area contributed by atoms with Crippen molar-refractivity contribution in [2.75, 3.05) is 20.2 Å². The summed E-state index contributed by atoms with van der Waals surface area (Å²) in [5.74, 6) is 0.555. The van der Waals surface area contributed by atoms with E-state index in [-0.39, 0.29) is 13.2 Å². The molecule has 0 amide bonds. The summed E-state index contributed by atoms with van der Waals surface area (Å²) in [5.41, 5.74) is 22.9. The first kappa shape index (κ1) is 24.7. The molecule has 1 saturated heterocycles. The molecule has 1 aliphatic carbocycles. The molecule has 1 saturated carbocycles. The predicted molar refractivity (Wildman–Crippen MR) is 110 cm³/mol. The molecular weight excluding hydrogens is 410 g/mol. The zero-order valence-electron chi connectivity index (χ0n) is 18.0. The van der Waals surface area contributed by atoms with E-state index in [2.05, 4.69) is 5.32 Å². The molecule has 10 unspecified atom stereocenters. The number of nitrogens with two attached hydrogens (primary N) is 4. The average molecular weight is 448 g/mol. The third kappa shape index (κ3) is 5.20. The van der Waals surface area contributed by atoms with E-state index in [1.54, 1.807) is 20.0 Å². The van der Waals surface area contributed by atoms with Crippen LogP contribution in [0.3, 0.4) is 0 Å². The van der Waals surface area contributed by atoms with Crippen molar-refractivity contribution in [2.45, 2.75) is 86.5 Å². The van der Waals surface area contributed by atoms with Crippen LogP contribution in [0.5, 0.6) is 0 Å². The number of aliphatic hydroxyl groups excluding tert-OH is 2. The molecule has 12 heteroatoms. The van der Waals surface area contributed by atoms with Crippen LogP contribution in [-0.2, 0) is 18.9 Å². The van der Waals surface area contributed by atoms with Gasteiger partial charge in [-0.05, 0) is 32.9 Å². The van der Waals surface area contributed by atoms with Crippen molar-refractivity contribution in [1.82, 2.24) is 5.32 Å². The van der Waals surface area contributed by atoms with Crippen LogP contribution >= 0.6 is 0 Å². The highest BCUT2D eigenvalue weighted by Crippen LogP contribution is 2.31. The third-order valence-electron chi connectivity index (χ3n) is 6.22. The highest BCUT2D eigenvalue weighted by Gasteiger charge is 2.50. The minimum Gasteiger partial charge on any atom is -0.467 e. The summed E-state index contributed by atoms with van der Waals surface area (Å²) in [6.45, 7) is 1.68. The van der Waals surface area contributed by atoms with E-state index in [9.17, 15) is 15.3 Å². The lowest BCUT2D eigenvalue weighted by Gasteiger charge is -2.48. The van der Waals surface area contributed by atoms with Gasteiger partial charge in [0.25, 0.3) is 0 Å². The Morgan fingerprint density at radius 2 is 1.71 bits per heavy atom. The van der Waals surface area contributed by atoms with Gasteiger partial charge >= 0.3 is 0 Å². The Hall–Kier alpha value is -0.900. The lowest BCUT2D eigenvalue weighted by atomic mass is 9.84. The van der Waals surface area contributed by atoms with Crippen LogP contribution in [0.1, 0.15) is 19.8 Å². The fraction of sp³-hybridized carbons (Fsp3) is 0.895. The van der Waals surface area contributed by atoms with Crippen LogP contribution < -0.4 is 28.3 Å². The number of ether oxygens (including phenoxy) is 4. The van der Waals surface area contributed by atoms with Crippen LogP contribution in [0.15, 0.2) is 11.8 Å². The maximum absolute atomic E-state index is 11.0. The van der Waals surface area contributed by atoms with Crippen molar-refractivity contribution >= 4 is 0 Å². The molecule has 180 valence electrons. The zero-order valence-corrected chi connectivity index (χ0v) is 18.0. The van der Waals surface area contributed by atoms with Gasteiger partial charge in [0.2, 0.25) is 6.29 Å². The lowest BCUT2D eigenvalue weighted by molar-refractivity contribution is -0.303. The number of nitrogens with one attached hydrogen (secondary N) is 1. The molecule has 3 rings (SSSR count). The molecular formula is C19H37N5O7. The monoisotopic (exact) mass is 447 g/mol. The Bertz CT molecular complexity index is 639. The minimum atomic E-state index is -1.29. The first-order valence-corrected chi connectivity index (χ1v) is 10.6. The summed E-state index contributed by atoms with van der Waals surface area (Å²) in [6, 6.07) is -2.37. The van der Waals surface area contributed by atoms with Gasteiger partial charge in [0.15, 0.2) is 6.29 Å². The second-order valence-electron chi connectivity index (χ2n) is 8.81. The summed E-state index contributed by atoms with van der Waals surface area (Å²) in [5, 5.41) is 34.9. The highest BCUT2D eigenvalue weighted by molar-refractivity contribution is 5.04. The first-order valence-electron chi connectivity index (χ1n) is 10.6. The van der Waals surface area contributed by atoms with E-state index < -0.39 is 66.8 Å². The quantitative estimate of drug-likeness (QED) is 0.196. The molecule has 12 N–H and O–H groups in total. The summed E-state index contributed by atoms with van der Waals surface area (Å²) < 4.78 is 23.1. The fourth-order valence-electron chi connectivity index (χ4n) is 4.44. The molecule has 0 bridgehead atoms. The van der Waals surface area contributed by atoms with E-state index in [4.69, 9.17) is 41.9 Å². The maximum Gasteiger partial charge on any atom is 0.215 e. The van der Waals surface area contributed by atoms with Crippen molar-refractivity contribution in [2.24, 2.45) is 22.9 Å². The van der Waals surface area contributed by atoms with Crippen molar-refractivity contribution in [1.29, 1.82) is 0 Å². The largest absolute Gasteiger partial charge is 0.467 e. The number of aliphatic hydroxyl groups is 3. The Morgan fingerprint density at radius 1 is 1.10 bits per heavy atom. The smallest absolute Gasteiger partial charge is 0.215 e. The summed E-state index contributed by atoms with van der Waals surface area (Å²) in [4.78, 5) is 0. The number of rotatable bonds is 6. The van der Waals surface area contributed by atoms with Gasteiger partial charge in [-0.1, -0.05) is 0 Å². The average Bonchev–Trinajstić information content (AvgIpc) is 2.71. The molecule has 2 heterocycles. The molecule has 12 nitrogen and oxygen atoms in total. The van der Waals surface area contributed by atoms with Crippen LogP contribution in [0.2, 0.25) is 0 Å². The van der Waals surface area contributed by atoms with Crippen molar-refractivity contribution in [3.63, 3.8) is 0 Å². The fourth-order valence-corrected chi connectivity index (χ4v) is 4.44. The van der Waals surface area contributed by atoms with Gasteiger partial charge in [-0.2, -0.15) is 0 Å². The van der Waals surface area contributed by atoms with Gasteiger partial charge in [0, 0.05) is 12.1 Å². The number of hydrogen-bond acceptors (Lipinski definition) is 12. The number of likely N-dealkylation sites (N-methyl/N-ethyl adjacent to an activating group) is 1. The normalized spacial score (nSPS) is 48.7. The van der Waals surface area contributed by atoms with Gasteiger partial charge < -0.3 is 62.5 Å². The molecule has 3 aliphatic rings. The molecule has 0 radical (unpaired) electrons. The van der Waals surface area contributed by atoms with Crippen LogP contribution in [0.4, 0.5) is 0 Å². The standard InChI is InChI=1S/C19H37N5O7/c1-19(27)7-28-18(13(26)16(19)24-2)31-15-11(23)5-10(22)14(12(15)25)30-17-9(21)4-3-8(6-20)29-17/h3,9-18,24-27H,4-7,20-23H2,1-2H3/t9?,10?,11?,12?,13?,14?,15?,16?,17?,18?,19-/m0/s1. The van der Waals surface area contributed by atoms with E-state index >= 15 is 0 Å². The second-order valence-corrected chi connectivity index (χ2v) is 8.81. The Labute approximate surface area is 181 Å². The number of hydrogen-bond donors (Lipinski definition) is 8. The molecule has 0 spiro atoms. The molecule has 0 aromatic heterocycles. The summed E-state index contributed by atoms with van der Waals surface area (Å²) in [6.07, 6.45) is -3.56. The first-order chi connectivity index (χ1) is 14.6. The second kappa shape index (κ2) is 9.93. The molecule has 31 heavy (non-hydrogen) atoms. The van der Waals surface area contributed by atoms with Gasteiger partial charge in [-0.25, -0.2) is 0 Å². The van der Waals surface area contributed by atoms with Crippen molar-refractivity contribution in [3.8, 4) is 0 Å². The van der Waals surface area contributed by atoms with E-state index in [0.29, 0.717) is 18.6 Å². The van der Waals surface area contributed by atoms with Crippen molar-refractivity contribution in [3.05, 3.63) is 11.8 Å². The molecule has 0 aromatic carbocycles. The lowest BCUT2D eigenvalue weighted by Crippen LogP contribution is -2.68. The van der Waals surface area contributed by atoms with Gasteiger partial charge in [0.05, 0.1) is 25.2 Å². The summed E-state index contributed by atoms with van der Waals surface area (Å²) in [7, 11) is 1.62. The Kier molecular flexibility index (Phi) is 7.92.